The number of imide groups is 1. The number of fused-ring (bicyclic) bond motifs is 1. The van der Waals surface area contributed by atoms with Crippen molar-refractivity contribution < 1.29 is 9.59 Å². The van der Waals surface area contributed by atoms with Crippen molar-refractivity contribution in [2.75, 3.05) is 32.7 Å². The molecule has 1 aliphatic rings. The monoisotopic (exact) mass is 337 g/mol. The van der Waals surface area contributed by atoms with Gasteiger partial charge in [0.05, 0.1) is 11.1 Å². The number of rotatable bonds is 8. The van der Waals surface area contributed by atoms with Crippen LogP contribution >= 0.6 is 0 Å². The molecule has 1 aliphatic heterocycles. The number of hydrogen-bond donors (Lipinski definition) is 1. The van der Waals surface area contributed by atoms with Crippen molar-refractivity contribution in [2.24, 2.45) is 5.73 Å². The summed E-state index contributed by atoms with van der Waals surface area (Å²) in [6.45, 7) is 3.17. The highest BCUT2D eigenvalue weighted by molar-refractivity contribution is 6.21. The molecular formula is C20H23N3O2. The van der Waals surface area contributed by atoms with E-state index in [9.17, 15) is 9.59 Å². The fourth-order valence-corrected chi connectivity index (χ4v) is 3.13. The Labute approximate surface area is 148 Å². The summed E-state index contributed by atoms with van der Waals surface area (Å²) in [4.78, 5) is 28.4. The van der Waals surface area contributed by atoms with E-state index in [0.717, 1.165) is 19.5 Å². The molecule has 3 rings (SSSR count). The standard InChI is InChI=1S/C20H23N3O2/c21-11-13-22(12-10-16-6-2-1-3-7-16)14-15-23-19(24)17-8-4-5-9-18(17)20(23)25/h1-9H,10-15,21H2. The average Bonchev–Trinajstić information content (AvgIpc) is 2.89. The topological polar surface area (TPSA) is 66.6 Å². The van der Waals surface area contributed by atoms with Crippen LogP contribution < -0.4 is 5.73 Å². The third-order valence-electron chi connectivity index (χ3n) is 4.52. The van der Waals surface area contributed by atoms with Gasteiger partial charge in [0, 0.05) is 32.7 Å². The van der Waals surface area contributed by atoms with Crippen molar-refractivity contribution in [2.45, 2.75) is 6.42 Å². The Morgan fingerprint density at radius 2 is 1.40 bits per heavy atom. The number of carbonyl (C=O) groups is 2. The van der Waals surface area contributed by atoms with Gasteiger partial charge in [-0.1, -0.05) is 42.5 Å². The molecule has 5 nitrogen and oxygen atoms in total. The Hall–Kier alpha value is -2.50. The average molecular weight is 337 g/mol. The van der Waals surface area contributed by atoms with Gasteiger partial charge >= 0.3 is 0 Å². The van der Waals surface area contributed by atoms with E-state index in [1.54, 1.807) is 24.3 Å². The third kappa shape index (κ3) is 3.95. The van der Waals surface area contributed by atoms with Crippen LogP contribution in [0.3, 0.4) is 0 Å². The summed E-state index contributed by atoms with van der Waals surface area (Å²) in [6.07, 6.45) is 0.920. The van der Waals surface area contributed by atoms with Crippen LogP contribution in [0.25, 0.3) is 0 Å². The highest BCUT2D eigenvalue weighted by Crippen LogP contribution is 2.22. The smallest absolute Gasteiger partial charge is 0.261 e. The van der Waals surface area contributed by atoms with Crippen molar-refractivity contribution in [1.82, 2.24) is 9.80 Å². The van der Waals surface area contributed by atoms with E-state index in [0.29, 0.717) is 30.8 Å². The van der Waals surface area contributed by atoms with Gasteiger partial charge in [-0.05, 0) is 24.1 Å². The fraction of sp³-hybridized carbons (Fsp3) is 0.300. The molecule has 0 unspecified atom stereocenters. The van der Waals surface area contributed by atoms with Gasteiger partial charge in [0.25, 0.3) is 11.8 Å². The van der Waals surface area contributed by atoms with Crippen molar-refractivity contribution in [3.8, 4) is 0 Å². The highest BCUT2D eigenvalue weighted by atomic mass is 16.2. The molecule has 1 heterocycles. The van der Waals surface area contributed by atoms with Gasteiger partial charge < -0.3 is 5.73 Å². The summed E-state index contributed by atoms with van der Waals surface area (Å²) in [6, 6.07) is 17.3. The summed E-state index contributed by atoms with van der Waals surface area (Å²) in [7, 11) is 0. The van der Waals surface area contributed by atoms with Crippen LogP contribution in [0, 0.1) is 0 Å². The van der Waals surface area contributed by atoms with Gasteiger partial charge in [-0.2, -0.15) is 0 Å². The van der Waals surface area contributed by atoms with Crippen LogP contribution in [-0.2, 0) is 6.42 Å². The summed E-state index contributed by atoms with van der Waals surface area (Å²) in [5.74, 6) is -0.396. The van der Waals surface area contributed by atoms with Gasteiger partial charge in [0.1, 0.15) is 0 Å². The van der Waals surface area contributed by atoms with Crippen molar-refractivity contribution >= 4 is 11.8 Å². The molecule has 0 saturated heterocycles. The first-order chi connectivity index (χ1) is 12.2. The summed E-state index contributed by atoms with van der Waals surface area (Å²) >= 11 is 0. The summed E-state index contributed by atoms with van der Waals surface area (Å²) in [5.41, 5.74) is 7.99. The lowest BCUT2D eigenvalue weighted by Crippen LogP contribution is -2.40. The highest BCUT2D eigenvalue weighted by Gasteiger charge is 2.34. The normalized spacial score (nSPS) is 13.6. The van der Waals surface area contributed by atoms with E-state index in [-0.39, 0.29) is 11.8 Å². The van der Waals surface area contributed by atoms with E-state index in [1.807, 2.05) is 18.2 Å². The minimum atomic E-state index is -0.198. The maximum Gasteiger partial charge on any atom is 0.261 e. The molecule has 0 aliphatic carbocycles. The zero-order valence-electron chi connectivity index (χ0n) is 14.2. The first-order valence-electron chi connectivity index (χ1n) is 8.62. The molecule has 0 radical (unpaired) electrons. The van der Waals surface area contributed by atoms with E-state index in [2.05, 4.69) is 17.0 Å². The Bertz CT molecular complexity index is 711. The molecule has 0 atom stereocenters. The number of amides is 2. The van der Waals surface area contributed by atoms with Crippen molar-refractivity contribution in [3.05, 3.63) is 71.3 Å². The molecule has 0 fully saturated rings. The quantitative estimate of drug-likeness (QED) is 0.746. The number of carbonyl (C=O) groups excluding carboxylic acids is 2. The van der Waals surface area contributed by atoms with Crippen LogP contribution in [-0.4, -0.2) is 54.3 Å². The molecule has 2 aromatic carbocycles. The fourth-order valence-electron chi connectivity index (χ4n) is 3.13. The predicted molar refractivity (Wildman–Crippen MR) is 97.4 cm³/mol. The second kappa shape index (κ2) is 8.05. The SMILES string of the molecule is NCCN(CCc1ccccc1)CCN1C(=O)c2ccccc2C1=O. The molecule has 5 heteroatoms. The van der Waals surface area contributed by atoms with Crippen LogP contribution in [0.4, 0.5) is 0 Å². The number of hydrogen-bond acceptors (Lipinski definition) is 4. The van der Waals surface area contributed by atoms with Crippen molar-refractivity contribution in [1.29, 1.82) is 0 Å². The molecule has 130 valence electrons. The lowest BCUT2D eigenvalue weighted by molar-refractivity contribution is 0.0637. The predicted octanol–water partition coefficient (Wildman–Crippen LogP) is 1.79. The van der Waals surface area contributed by atoms with Gasteiger partial charge in [-0.25, -0.2) is 0 Å². The third-order valence-corrected chi connectivity index (χ3v) is 4.52. The van der Waals surface area contributed by atoms with E-state index in [1.165, 1.54) is 10.5 Å². The van der Waals surface area contributed by atoms with Gasteiger partial charge in [0.2, 0.25) is 0 Å². The lowest BCUT2D eigenvalue weighted by atomic mass is 10.1. The Morgan fingerprint density at radius 1 is 0.800 bits per heavy atom. The first-order valence-corrected chi connectivity index (χ1v) is 8.62. The molecule has 0 aromatic heterocycles. The van der Waals surface area contributed by atoms with Crippen molar-refractivity contribution in [3.63, 3.8) is 0 Å². The maximum atomic E-state index is 12.4. The van der Waals surface area contributed by atoms with Crippen LogP contribution in [0.15, 0.2) is 54.6 Å². The van der Waals surface area contributed by atoms with Crippen LogP contribution in [0.1, 0.15) is 26.3 Å². The molecule has 2 amide bonds. The Kier molecular flexibility index (Phi) is 5.58. The number of nitrogens with zero attached hydrogens (tertiary/aromatic N) is 2. The molecule has 0 bridgehead atoms. The molecule has 25 heavy (non-hydrogen) atoms. The maximum absolute atomic E-state index is 12.4. The van der Waals surface area contributed by atoms with Crippen LogP contribution in [0.5, 0.6) is 0 Å². The molecule has 2 N–H and O–H groups in total. The summed E-state index contributed by atoms with van der Waals surface area (Å²) < 4.78 is 0. The molecule has 0 spiro atoms. The molecule has 2 aromatic rings. The second-order valence-corrected chi connectivity index (χ2v) is 6.17. The van der Waals surface area contributed by atoms with Crippen LogP contribution in [0.2, 0.25) is 0 Å². The van der Waals surface area contributed by atoms with E-state index in [4.69, 9.17) is 5.73 Å². The van der Waals surface area contributed by atoms with E-state index < -0.39 is 0 Å². The lowest BCUT2D eigenvalue weighted by Gasteiger charge is -2.24. The Morgan fingerprint density at radius 3 is 2.00 bits per heavy atom. The summed E-state index contributed by atoms with van der Waals surface area (Å²) in [5, 5.41) is 0. The molecular weight excluding hydrogens is 314 g/mol. The van der Waals surface area contributed by atoms with Gasteiger partial charge in [-0.15, -0.1) is 0 Å². The second-order valence-electron chi connectivity index (χ2n) is 6.17. The first kappa shape index (κ1) is 17.3. The number of benzene rings is 2. The van der Waals surface area contributed by atoms with E-state index >= 15 is 0 Å². The largest absolute Gasteiger partial charge is 0.329 e. The minimum Gasteiger partial charge on any atom is -0.329 e. The zero-order valence-corrected chi connectivity index (χ0v) is 14.2. The Balaban J connectivity index is 1.58. The molecule has 0 saturated carbocycles. The minimum absolute atomic E-state index is 0.198. The van der Waals surface area contributed by atoms with Gasteiger partial charge in [-0.3, -0.25) is 19.4 Å². The zero-order chi connectivity index (χ0) is 17.6. The number of nitrogens with two attached hydrogens (primary N) is 1. The van der Waals surface area contributed by atoms with Gasteiger partial charge in [0.15, 0.2) is 0 Å².